The summed E-state index contributed by atoms with van der Waals surface area (Å²) in [6.45, 7) is 5.13. The molecule has 1 atom stereocenters. The van der Waals surface area contributed by atoms with E-state index in [0.29, 0.717) is 6.54 Å². The molecule has 25 heavy (non-hydrogen) atoms. The van der Waals surface area contributed by atoms with Crippen molar-refractivity contribution in [1.29, 1.82) is 0 Å². The van der Waals surface area contributed by atoms with Gasteiger partial charge in [0.05, 0.1) is 29.0 Å². The van der Waals surface area contributed by atoms with E-state index in [1.165, 1.54) is 0 Å². The number of hydrogen-bond acceptors (Lipinski definition) is 3. The van der Waals surface area contributed by atoms with Gasteiger partial charge in [0.1, 0.15) is 12.4 Å². The Labute approximate surface area is 146 Å². The molecule has 0 spiro atoms. The zero-order valence-corrected chi connectivity index (χ0v) is 14.7. The number of aromatic amines is 1. The number of rotatable bonds is 3. The first kappa shape index (κ1) is 15.9. The molecule has 1 unspecified atom stereocenters. The summed E-state index contributed by atoms with van der Waals surface area (Å²) in [6.07, 6.45) is 5.01. The lowest BCUT2D eigenvalue weighted by Crippen LogP contribution is -2.40. The third kappa shape index (κ3) is 2.81. The van der Waals surface area contributed by atoms with E-state index >= 15 is 0 Å². The third-order valence-electron chi connectivity index (χ3n) is 5.16. The highest BCUT2D eigenvalue weighted by Crippen LogP contribution is 2.31. The molecule has 130 valence electrons. The maximum Gasteiger partial charge on any atom is 0.243 e. The second kappa shape index (κ2) is 6.35. The van der Waals surface area contributed by atoms with E-state index < -0.39 is 0 Å². The van der Waals surface area contributed by atoms with Gasteiger partial charge in [-0.15, -0.1) is 0 Å². The molecule has 0 bridgehead atoms. The molecule has 0 saturated carbocycles. The van der Waals surface area contributed by atoms with Crippen LogP contribution in [-0.4, -0.2) is 37.1 Å². The minimum Gasteiger partial charge on any atom is -0.333 e. The van der Waals surface area contributed by atoms with E-state index in [0.717, 1.165) is 53.9 Å². The fraction of sp³-hybridized carbons (Fsp3) is 0.421. The van der Waals surface area contributed by atoms with Crippen molar-refractivity contribution in [2.75, 3.05) is 6.54 Å². The zero-order chi connectivity index (χ0) is 17.4. The van der Waals surface area contributed by atoms with Gasteiger partial charge in [-0.2, -0.15) is 5.10 Å². The maximum atomic E-state index is 13.1. The number of nitrogens with zero attached hydrogens (tertiary/aromatic N) is 4. The van der Waals surface area contributed by atoms with Gasteiger partial charge in [0.15, 0.2) is 0 Å². The molecule has 6 nitrogen and oxygen atoms in total. The predicted molar refractivity (Wildman–Crippen MR) is 96.1 cm³/mol. The van der Waals surface area contributed by atoms with Crippen molar-refractivity contribution < 1.29 is 4.79 Å². The minimum atomic E-state index is 0.0961. The van der Waals surface area contributed by atoms with Crippen LogP contribution in [0.4, 0.5) is 0 Å². The zero-order valence-electron chi connectivity index (χ0n) is 14.7. The van der Waals surface area contributed by atoms with Gasteiger partial charge in [0, 0.05) is 6.54 Å². The van der Waals surface area contributed by atoms with Crippen molar-refractivity contribution in [2.45, 2.75) is 45.7 Å². The Balaban J connectivity index is 1.62. The van der Waals surface area contributed by atoms with Crippen molar-refractivity contribution in [3.63, 3.8) is 0 Å². The van der Waals surface area contributed by atoms with E-state index in [2.05, 4.69) is 15.2 Å². The molecule has 1 N–H and O–H groups in total. The maximum absolute atomic E-state index is 13.1. The number of benzene rings is 1. The fourth-order valence-corrected chi connectivity index (χ4v) is 3.85. The molecule has 0 aliphatic carbocycles. The molecule has 4 rings (SSSR count). The molecule has 1 saturated heterocycles. The van der Waals surface area contributed by atoms with Gasteiger partial charge in [-0.3, -0.25) is 9.89 Å². The van der Waals surface area contributed by atoms with Crippen LogP contribution in [0, 0.1) is 13.8 Å². The number of nitrogens with one attached hydrogen (secondary N) is 1. The van der Waals surface area contributed by atoms with Crippen LogP contribution in [0.5, 0.6) is 0 Å². The van der Waals surface area contributed by atoms with Gasteiger partial charge in [-0.1, -0.05) is 12.1 Å². The van der Waals surface area contributed by atoms with E-state index in [9.17, 15) is 4.79 Å². The van der Waals surface area contributed by atoms with Crippen molar-refractivity contribution in [2.24, 2.45) is 0 Å². The number of aromatic nitrogens is 4. The molecule has 1 amide bonds. The number of amides is 1. The number of para-hydroxylation sites is 2. The van der Waals surface area contributed by atoms with Crippen LogP contribution >= 0.6 is 0 Å². The number of carbonyl (C=O) groups is 1. The van der Waals surface area contributed by atoms with Crippen LogP contribution < -0.4 is 0 Å². The highest BCUT2D eigenvalue weighted by atomic mass is 16.2. The van der Waals surface area contributed by atoms with Crippen LogP contribution in [0.1, 0.15) is 42.4 Å². The Morgan fingerprint density at radius 3 is 2.92 bits per heavy atom. The first-order valence-electron chi connectivity index (χ1n) is 8.86. The molecular weight excluding hydrogens is 314 g/mol. The molecule has 1 aliphatic rings. The highest BCUT2D eigenvalue weighted by Gasteiger charge is 2.30. The fourth-order valence-electron chi connectivity index (χ4n) is 3.85. The third-order valence-corrected chi connectivity index (χ3v) is 5.16. The highest BCUT2D eigenvalue weighted by molar-refractivity contribution is 5.81. The summed E-state index contributed by atoms with van der Waals surface area (Å²) in [7, 11) is 0. The largest absolute Gasteiger partial charge is 0.333 e. The van der Waals surface area contributed by atoms with Gasteiger partial charge in [-0.05, 0) is 50.8 Å². The van der Waals surface area contributed by atoms with Crippen molar-refractivity contribution in [3.8, 4) is 0 Å². The molecule has 6 heteroatoms. The molecular formula is C19H23N5O. The van der Waals surface area contributed by atoms with Crippen LogP contribution in [0.2, 0.25) is 0 Å². The number of aryl methyl sites for hydroxylation is 2. The molecule has 1 aromatic carbocycles. The molecule has 1 aliphatic heterocycles. The van der Waals surface area contributed by atoms with Crippen LogP contribution in [0.3, 0.4) is 0 Å². The van der Waals surface area contributed by atoms with Gasteiger partial charge < -0.3 is 9.47 Å². The second-order valence-corrected chi connectivity index (χ2v) is 6.80. The monoisotopic (exact) mass is 337 g/mol. The number of carbonyl (C=O) groups excluding carboxylic acids is 1. The Hall–Kier alpha value is -2.63. The minimum absolute atomic E-state index is 0.0961. The van der Waals surface area contributed by atoms with Gasteiger partial charge in [0.2, 0.25) is 5.91 Å². The van der Waals surface area contributed by atoms with Gasteiger partial charge >= 0.3 is 0 Å². The van der Waals surface area contributed by atoms with Crippen LogP contribution in [0.25, 0.3) is 11.0 Å². The first-order valence-corrected chi connectivity index (χ1v) is 8.86. The lowest BCUT2D eigenvalue weighted by molar-refractivity contribution is -0.135. The van der Waals surface area contributed by atoms with Gasteiger partial charge in [-0.25, -0.2) is 4.98 Å². The molecule has 2 aromatic heterocycles. The Kier molecular flexibility index (Phi) is 4.03. The average Bonchev–Trinajstić information content (AvgIpc) is 3.18. The van der Waals surface area contributed by atoms with Crippen molar-refractivity contribution in [3.05, 3.63) is 47.5 Å². The van der Waals surface area contributed by atoms with E-state index in [1.54, 1.807) is 0 Å². The summed E-state index contributed by atoms with van der Waals surface area (Å²) in [5.74, 6) is 1.02. The number of likely N-dealkylation sites (tertiary alicyclic amines) is 1. The number of H-pyrrole nitrogens is 1. The Bertz CT molecular complexity index is 910. The SMILES string of the molecule is Cc1cn[nH]c1C1CCCCN1C(=O)Cn1c(C)nc2ccccc21. The number of imidazole rings is 1. The standard InChI is InChI=1S/C19H23N5O/c1-13-11-20-22-19(13)17-9-5-6-10-23(17)18(25)12-24-14(2)21-15-7-3-4-8-16(15)24/h3-4,7-8,11,17H,5-6,9-10,12H2,1-2H3,(H,20,22). The van der Waals surface area contributed by atoms with E-state index in [1.807, 2.05) is 53.8 Å². The van der Waals surface area contributed by atoms with Crippen molar-refractivity contribution >= 4 is 16.9 Å². The molecule has 3 aromatic rings. The summed E-state index contributed by atoms with van der Waals surface area (Å²) in [5.41, 5.74) is 4.14. The number of fused-ring (bicyclic) bond motifs is 1. The first-order chi connectivity index (χ1) is 12.1. The molecule has 3 heterocycles. The summed E-state index contributed by atoms with van der Waals surface area (Å²) in [5, 5.41) is 7.24. The summed E-state index contributed by atoms with van der Waals surface area (Å²) in [4.78, 5) is 19.7. The second-order valence-electron chi connectivity index (χ2n) is 6.80. The average molecular weight is 337 g/mol. The summed E-state index contributed by atoms with van der Waals surface area (Å²) in [6, 6.07) is 8.07. The number of hydrogen-bond donors (Lipinski definition) is 1. The lowest BCUT2D eigenvalue weighted by atomic mass is 9.97. The van der Waals surface area contributed by atoms with E-state index in [4.69, 9.17) is 0 Å². The van der Waals surface area contributed by atoms with Gasteiger partial charge in [0.25, 0.3) is 0 Å². The summed E-state index contributed by atoms with van der Waals surface area (Å²) >= 11 is 0. The summed E-state index contributed by atoms with van der Waals surface area (Å²) < 4.78 is 2.02. The molecule has 1 fully saturated rings. The quantitative estimate of drug-likeness (QED) is 0.798. The topological polar surface area (TPSA) is 66.8 Å². The normalized spacial score (nSPS) is 18.0. The number of piperidine rings is 1. The smallest absolute Gasteiger partial charge is 0.243 e. The lowest BCUT2D eigenvalue weighted by Gasteiger charge is -2.35. The Morgan fingerprint density at radius 1 is 1.28 bits per heavy atom. The van der Waals surface area contributed by atoms with Crippen molar-refractivity contribution in [1.82, 2.24) is 24.6 Å². The predicted octanol–water partition coefficient (Wildman–Crippen LogP) is 3.13. The van der Waals surface area contributed by atoms with Crippen LogP contribution in [-0.2, 0) is 11.3 Å². The van der Waals surface area contributed by atoms with Crippen LogP contribution in [0.15, 0.2) is 30.5 Å². The Morgan fingerprint density at radius 2 is 2.12 bits per heavy atom. The van der Waals surface area contributed by atoms with E-state index in [-0.39, 0.29) is 11.9 Å². The molecule has 0 radical (unpaired) electrons.